The minimum Gasteiger partial charge on any atom is -0.492 e. The molecule has 1 aliphatic heterocycles. The molecule has 5 heteroatoms. The van der Waals surface area contributed by atoms with Gasteiger partial charge in [-0.3, -0.25) is 0 Å². The molecule has 1 heterocycles. The summed E-state index contributed by atoms with van der Waals surface area (Å²) in [5.41, 5.74) is 0. The van der Waals surface area contributed by atoms with Gasteiger partial charge in [0, 0.05) is 5.02 Å². The van der Waals surface area contributed by atoms with Crippen molar-refractivity contribution in [1.82, 2.24) is 5.32 Å². The van der Waals surface area contributed by atoms with Crippen LogP contribution < -0.4 is 10.1 Å². The molecule has 1 saturated heterocycles. The van der Waals surface area contributed by atoms with Crippen LogP contribution >= 0.6 is 46.6 Å². The van der Waals surface area contributed by atoms with Gasteiger partial charge in [-0.25, -0.2) is 0 Å². The quantitative estimate of drug-likeness (QED) is 0.797. The van der Waals surface area contributed by atoms with Crippen LogP contribution in [0, 0.1) is 9.49 Å². The first kappa shape index (κ1) is 15.3. The van der Waals surface area contributed by atoms with Crippen molar-refractivity contribution in [1.29, 1.82) is 0 Å². The fraction of sp³-hybridized carbons (Fsp3) is 0.500. The highest BCUT2D eigenvalue weighted by molar-refractivity contribution is 14.1. The molecule has 1 aliphatic rings. The molecule has 2 rings (SSSR count). The van der Waals surface area contributed by atoms with E-state index in [-0.39, 0.29) is 12.4 Å². The van der Waals surface area contributed by atoms with E-state index in [1.54, 1.807) is 0 Å². The molecule has 17 heavy (non-hydrogen) atoms. The lowest BCUT2D eigenvalue weighted by Gasteiger charge is -2.22. The molecule has 0 amide bonds. The lowest BCUT2D eigenvalue weighted by Crippen LogP contribution is -2.30. The Morgan fingerprint density at radius 3 is 2.76 bits per heavy atom. The van der Waals surface area contributed by atoms with Crippen molar-refractivity contribution in [3.8, 4) is 5.75 Å². The maximum atomic E-state index is 5.95. The summed E-state index contributed by atoms with van der Waals surface area (Å²) in [4.78, 5) is 0. The third-order valence-electron chi connectivity index (χ3n) is 2.83. The zero-order valence-electron chi connectivity index (χ0n) is 9.42. The average molecular weight is 388 g/mol. The number of benzene rings is 1. The summed E-state index contributed by atoms with van der Waals surface area (Å²) in [7, 11) is 0. The Bertz CT molecular complexity index is 356. The van der Waals surface area contributed by atoms with Gasteiger partial charge in [0.05, 0.1) is 10.2 Å². The minimum absolute atomic E-state index is 0. The summed E-state index contributed by atoms with van der Waals surface area (Å²) in [6.45, 7) is 3.03. The maximum absolute atomic E-state index is 5.95. The van der Waals surface area contributed by atoms with Gasteiger partial charge in [-0.05, 0) is 72.6 Å². The predicted octanol–water partition coefficient (Wildman–Crippen LogP) is 3.74. The van der Waals surface area contributed by atoms with Gasteiger partial charge in [0.1, 0.15) is 5.75 Å². The van der Waals surface area contributed by atoms with E-state index in [1.807, 2.05) is 18.2 Å². The summed E-state index contributed by atoms with van der Waals surface area (Å²) in [5.74, 6) is 1.59. The monoisotopic (exact) mass is 387 g/mol. The lowest BCUT2D eigenvalue weighted by atomic mass is 9.99. The van der Waals surface area contributed by atoms with Crippen LogP contribution in [0.1, 0.15) is 12.8 Å². The normalized spacial score (nSPS) is 16.4. The molecule has 1 fully saturated rings. The summed E-state index contributed by atoms with van der Waals surface area (Å²) in [5, 5.41) is 4.09. The molecule has 1 N–H and O–H groups in total. The van der Waals surface area contributed by atoms with E-state index in [4.69, 9.17) is 16.3 Å². The Morgan fingerprint density at radius 1 is 1.35 bits per heavy atom. The molecule has 0 atom stereocenters. The first-order valence-corrected chi connectivity index (χ1v) is 7.00. The molecule has 0 saturated carbocycles. The van der Waals surface area contributed by atoms with Crippen LogP contribution in [0.4, 0.5) is 0 Å². The van der Waals surface area contributed by atoms with Gasteiger partial charge in [0.25, 0.3) is 0 Å². The third kappa shape index (κ3) is 4.81. The Labute approximate surface area is 127 Å². The van der Waals surface area contributed by atoms with Crippen molar-refractivity contribution < 1.29 is 4.74 Å². The second-order valence-corrected chi connectivity index (χ2v) is 5.68. The van der Waals surface area contributed by atoms with Crippen LogP contribution in [0.15, 0.2) is 18.2 Å². The maximum Gasteiger partial charge on any atom is 0.134 e. The second kappa shape index (κ2) is 7.67. The molecule has 1 aromatic rings. The Morgan fingerprint density at radius 2 is 2.06 bits per heavy atom. The predicted molar refractivity (Wildman–Crippen MR) is 82.5 cm³/mol. The summed E-state index contributed by atoms with van der Waals surface area (Å²) in [6.07, 6.45) is 2.41. The number of hydrogen-bond acceptors (Lipinski definition) is 2. The summed E-state index contributed by atoms with van der Waals surface area (Å²) in [6, 6.07) is 5.77. The first-order chi connectivity index (χ1) is 7.75. The van der Waals surface area contributed by atoms with E-state index in [9.17, 15) is 0 Å². The Hall–Kier alpha value is 0.290. The van der Waals surface area contributed by atoms with Gasteiger partial charge in [0.2, 0.25) is 0 Å². The Kier molecular flexibility index (Phi) is 6.92. The number of rotatable bonds is 3. The van der Waals surface area contributed by atoms with E-state index in [0.717, 1.165) is 34.0 Å². The topological polar surface area (TPSA) is 21.3 Å². The van der Waals surface area contributed by atoms with Gasteiger partial charge in [-0.15, -0.1) is 12.4 Å². The molecule has 0 unspecified atom stereocenters. The summed E-state index contributed by atoms with van der Waals surface area (Å²) < 4.78 is 6.96. The molecule has 2 nitrogen and oxygen atoms in total. The minimum atomic E-state index is 0. The first-order valence-electron chi connectivity index (χ1n) is 5.54. The highest BCUT2D eigenvalue weighted by atomic mass is 127. The van der Waals surface area contributed by atoms with Crippen molar-refractivity contribution in [2.24, 2.45) is 5.92 Å². The molecule has 0 spiro atoms. The van der Waals surface area contributed by atoms with Gasteiger partial charge < -0.3 is 10.1 Å². The second-order valence-electron chi connectivity index (χ2n) is 4.08. The van der Waals surface area contributed by atoms with Crippen LogP contribution in [0.25, 0.3) is 0 Å². The number of ether oxygens (including phenoxy) is 1. The smallest absolute Gasteiger partial charge is 0.134 e. The fourth-order valence-corrected chi connectivity index (χ4v) is 2.50. The summed E-state index contributed by atoms with van der Waals surface area (Å²) >= 11 is 8.22. The average Bonchev–Trinajstić information content (AvgIpc) is 2.32. The zero-order chi connectivity index (χ0) is 11.4. The van der Waals surface area contributed by atoms with Gasteiger partial charge >= 0.3 is 0 Å². The van der Waals surface area contributed by atoms with Crippen molar-refractivity contribution >= 4 is 46.6 Å². The van der Waals surface area contributed by atoms with E-state index in [2.05, 4.69) is 27.9 Å². The van der Waals surface area contributed by atoms with Crippen LogP contribution in [0.5, 0.6) is 5.75 Å². The van der Waals surface area contributed by atoms with Crippen LogP contribution in [0.3, 0.4) is 0 Å². The standard InChI is InChI=1S/C12H15ClINO.ClH/c13-10-1-2-11(14)12(7-10)16-8-9-3-5-15-6-4-9;/h1-2,7,9,15H,3-6,8H2;1H. The fourth-order valence-electron chi connectivity index (χ4n) is 1.84. The molecular weight excluding hydrogens is 372 g/mol. The van der Waals surface area contributed by atoms with Crippen molar-refractivity contribution in [3.05, 3.63) is 26.8 Å². The SMILES string of the molecule is Cl.Clc1ccc(I)c(OCC2CCNCC2)c1. The third-order valence-corrected chi connectivity index (χ3v) is 3.95. The molecule has 0 aliphatic carbocycles. The molecule has 0 radical (unpaired) electrons. The number of nitrogens with one attached hydrogen (secondary N) is 1. The van der Waals surface area contributed by atoms with E-state index in [1.165, 1.54) is 12.8 Å². The van der Waals surface area contributed by atoms with Crippen molar-refractivity contribution in [2.45, 2.75) is 12.8 Å². The number of hydrogen-bond donors (Lipinski definition) is 1. The van der Waals surface area contributed by atoms with Crippen LogP contribution in [0.2, 0.25) is 5.02 Å². The molecule has 0 aromatic heterocycles. The van der Waals surface area contributed by atoms with E-state index >= 15 is 0 Å². The van der Waals surface area contributed by atoms with Crippen LogP contribution in [-0.4, -0.2) is 19.7 Å². The van der Waals surface area contributed by atoms with Gasteiger partial charge in [-0.1, -0.05) is 11.6 Å². The zero-order valence-corrected chi connectivity index (χ0v) is 13.1. The largest absolute Gasteiger partial charge is 0.492 e. The highest BCUT2D eigenvalue weighted by Gasteiger charge is 2.14. The van der Waals surface area contributed by atoms with Crippen molar-refractivity contribution in [2.75, 3.05) is 19.7 Å². The molecule has 1 aromatic carbocycles. The van der Waals surface area contributed by atoms with Crippen molar-refractivity contribution in [3.63, 3.8) is 0 Å². The highest BCUT2D eigenvalue weighted by Crippen LogP contribution is 2.26. The van der Waals surface area contributed by atoms with Gasteiger partial charge in [0.15, 0.2) is 0 Å². The molecule has 0 bridgehead atoms. The van der Waals surface area contributed by atoms with Crippen LogP contribution in [-0.2, 0) is 0 Å². The van der Waals surface area contributed by atoms with Gasteiger partial charge in [-0.2, -0.15) is 0 Å². The lowest BCUT2D eigenvalue weighted by molar-refractivity contribution is 0.214. The number of piperidine rings is 1. The van der Waals surface area contributed by atoms with E-state index < -0.39 is 0 Å². The Balaban J connectivity index is 0.00000144. The molecule has 96 valence electrons. The molecular formula is C12H16Cl2INO. The van der Waals surface area contributed by atoms with E-state index in [0.29, 0.717) is 5.92 Å². The number of halogens is 3.